The smallest absolute Gasteiger partial charge is 0.336 e. The Balaban J connectivity index is 2.13. The van der Waals surface area contributed by atoms with Gasteiger partial charge in [0.25, 0.3) is 0 Å². The molecule has 3 N–H and O–H groups in total. The summed E-state index contributed by atoms with van der Waals surface area (Å²) in [6.07, 6.45) is 0. The second kappa shape index (κ2) is 5.67. The zero-order valence-corrected chi connectivity index (χ0v) is 13.8. The zero-order valence-electron chi connectivity index (χ0n) is 13.8. The van der Waals surface area contributed by atoms with Crippen molar-refractivity contribution >= 4 is 11.0 Å². The van der Waals surface area contributed by atoms with E-state index in [1.807, 2.05) is 30.3 Å². The van der Waals surface area contributed by atoms with Gasteiger partial charge in [0.2, 0.25) is 5.88 Å². The fraction of sp³-hybridized carbons (Fsp3) is 0.100. The molecule has 26 heavy (non-hydrogen) atoms. The molecule has 1 aliphatic rings. The molecule has 0 bridgehead atoms. The SMILES string of the molecule is Cc1cc(=O)oc2cc(O)c3c(c12)OC(N)=C(C#N)[C@@H]3c1ccccc1. The van der Waals surface area contributed by atoms with E-state index in [1.54, 1.807) is 6.92 Å². The van der Waals surface area contributed by atoms with E-state index >= 15 is 0 Å². The van der Waals surface area contributed by atoms with E-state index in [0.717, 1.165) is 5.56 Å². The Bertz CT molecular complexity index is 1170. The minimum absolute atomic E-state index is 0.0358. The highest BCUT2D eigenvalue weighted by Crippen LogP contribution is 2.49. The van der Waals surface area contributed by atoms with Crippen molar-refractivity contribution in [1.82, 2.24) is 0 Å². The largest absolute Gasteiger partial charge is 0.507 e. The fourth-order valence-corrected chi connectivity index (χ4v) is 3.41. The average Bonchev–Trinajstić information content (AvgIpc) is 2.60. The Labute approximate surface area is 148 Å². The van der Waals surface area contributed by atoms with Gasteiger partial charge in [0.05, 0.1) is 16.9 Å². The van der Waals surface area contributed by atoms with Crippen LogP contribution in [0.4, 0.5) is 0 Å². The summed E-state index contributed by atoms with van der Waals surface area (Å²) in [5.41, 5.74) is 7.76. The van der Waals surface area contributed by atoms with E-state index in [2.05, 4.69) is 6.07 Å². The molecule has 2 aromatic carbocycles. The molecule has 0 unspecified atom stereocenters. The number of hydrogen-bond donors (Lipinski definition) is 2. The van der Waals surface area contributed by atoms with E-state index < -0.39 is 11.5 Å². The molecule has 128 valence electrons. The van der Waals surface area contributed by atoms with Crippen LogP contribution in [0.25, 0.3) is 11.0 Å². The molecular formula is C20H14N2O4. The van der Waals surface area contributed by atoms with Crippen molar-refractivity contribution in [2.24, 2.45) is 5.73 Å². The third-order valence-corrected chi connectivity index (χ3v) is 4.51. The van der Waals surface area contributed by atoms with Gasteiger partial charge >= 0.3 is 5.63 Å². The van der Waals surface area contributed by atoms with Gasteiger partial charge in [-0.15, -0.1) is 0 Å². The first-order chi connectivity index (χ1) is 12.5. The molecule has 0 saturated heterocycles. The highest BCUT2D eigenvalue weighted by atomic mass is 16.5. The van der Waals surface area contributed by atoms with E-state index in [0.29, 0.717) is 22.3 Å². The number of hydrogen-bond acceptors (Lipinski definition) is 6. The first kappa shape index (κ1) is 15.8. The van der Waals surface area contributed by atoms with Crippen LogP contribution in [0, 0.1) is 18.3 Å². The van der Waals surface area contributed by atoms with Crippen molar-refractivity contribution in [2.75, 3.05) is 0 Å². The van der Waals surface area contributed by atoms with Gasteiger partial charge in [0.15, 0.2) is 0 Å². The van der Waals surface area contributed by atoms with E-state index in [4.69, 9.17) is 14.9 Å². The van der Waals surface area contributed by atoms with Gasteiger partial charge in [0, 0.05) is 12.1 Å². The van der Waals surface area contributed by atoms with Crippen molar-refractivity contribution in [2.45, 2.75) is 12.8 Å². The number of phenols is 1. The number of ether oxygens (including phenoxy) is 1. The first-order valence-electron chi connectivity index (χ1n) is 7.94. The highest BCUT2D eigenvalue weighted by Gasteiger charge is 2.35. The lowest BCUT2D eigenvalue weighted by Crippen LogP contribution is -2.21. The molecule has 1 aliphatic heterocycles. The topological polar surface area (TPSA) is 109 Å². The van der Waals surface area contributed by atoms with Gasteiger partial charge < -0.3 is 20.0 Å². The van der Waals surface area contributed by atoms with Crippen LogP contribution in [-0.2, 0) is 0 Å². The molecule has 0 amide bonds. The van der Waals surface area contributed by atoms with Crippen LogP contribution in [0.15, 0.2) is 63.1 Å². The zero-order chi connectivity index (χ0) is 18.4. The Morgan fingerprint density at radius 3 is 2.65 bits per heavy atom. The van der Waals surface area contributed by atoms with Crippen LogP contribution in [-0.4, -0.2) is 5.11 Å². The summed E-state index contributed by atoms with van der Waals surface area (Å²) in [6, 6.07) is 14.1. The molecule has 0 radical (unpaired) electrons. The van der Waals surface area contributed by atoms with Crippen LogP contribution >= 0.6 is 0 Å². The average molecular weight is 346 g/mol. The lowest BCUT2D eigenvalue weighted by molar-refractivity contribution is 0.385. The molecule has 3 aromatic rings. The second-order valence-corrected chi connectivity index (χ2v) is 6.10. The maximum atomic E-state index is 11.7. The van der Waals surface area contributed by atoms with Crippen molar-refractivity contribution in [3.63, 3.8) is 0 Å². The third kappa shape index (κ3) is 2.22. The molecule has 2 heterocycles. The molecule has 4 rings (SSSR count). The lowest BCUT2D eigenvalue weighted by Gasteiger charge is -2.28. The second-order valence-electron chi connectivity index (χ2n) is 6.10. The number of nitriles is 1. The molecule has 1 atom stereocenters. The number of allylic oxidation sites excluding steroid dienone is 1. The van der Waals surface area contributed by atoms with Crippen molar-refractivity contribution in [3.8, 4) is 17.6 Å². The Kier molecular flexibility index (Phi) is 3.44. The molecule has 0 saturated carbocycles. The van der Waals surface area contributed by atoms with Gasteiger partial charge in [-0.1, -0.05) is 30.3 Å². The van der Waals surface area contributed by atoms with Gasteiger partial charge in [-0.05, 0) is 18.1 Å². The van der Waals surface area contributed by atoms with Gasteiger partial charge in [-0.3, -0.25) is 0 Å². The predicted octanol–water partition coefficient (Wildman–Crippen LogP) is 3.03. The summed E-state index contributed by atoms with van der Waals surface area (Å²) >= 11 is 0. The number of nitrogens with two attached hydrogens (primary N) is 1. The number of nitrogens with zero attached hydrogens (tertiary/aromatic N) is 1. The van der Waals surface area contributed by atoms with Crippen molar-refractivity contribution in [1.29, 1.82) is 5.26 Å². The molecule has 1 aromatic heterocycles. The summed E-state index contributed by atoms with van der Waals surface area (Å²) in [4.78, 5) is 11.7. The Morgan fingerprint density at radius 1 is 1.23 bits per heavy atom. The van der Waals surface area contributed by atoms with E-state index in [-0.39, 0.29) is 22.8 Å². The standard InChI is InChI=1S/C20H14N2O4/c1-10-7-15(24)25-14-8-13(23)18-17(11-5-3-2-4-6-11)12(9-21)20(22)26-19(18)16(10)14/h2-8,17,23H,22H2,1H3/t17-/m0/s1. The number of phenolic OH excluding ortho intramolecular Hbond substituents is 1. The third-order valence-electron chi connectivity index (χ3n) is 4.51. The number of fused-ring (bicyclic) bond motifs is 3. The van der Waals surface area contributed by atoms with Gasteiger partial charge in [0.1, 0.15) is 28.7 Å². The Morgan fingerprint density at radius 2 is 1.96 bits per heavy atom. The summed E-state index contributed by atoms with van der Waals surface area (Å²) in [7, 11) is 0. The van der Waals surface area contributed by atoms with Crippen molar-refractivity contribution in [3.05, 3.63) is 81.0 Å². The molecular weight excluding hydrogens is 332 g/mol. The number of rotatable bonds is 1. The lowest BCUT2D eigenvalue weighted by atomic mass is 9.82. The van der Waals surface area contributed by atoms with Crippen molar-refractivity contribution < 1.29 is 14.3 Å². The molecule has 0 fully saturated rings. The number of aryl methyl sites for hydroxylation is 1. The summed E-state index contributed by atoms with van der Waals surface area (Å²) < 4.78 is 10.9. The predicted molar refractivity (Wildman–Crippen MR) is 94.6 cm³/mol. The first-order valence-corrected chi connectivity index (χ1v) is 7.94. The molecule has 0 spiro atoms. The summed E-state index contributed by atoms with van der Waals surface area (Å²) in [6.45, 7) is 1.75. The monoisotopic (exact) mass is 346 g/mol. The summed E-state index contributed by atoms with van der Waals surface area (Å²) in [5, 5.41) is 20.8. The van der Waals surface area contributed by atoms with E-state index in [9.17, 15) is 15.2 Å². The van der Waals surface area contributed by atoms with Crippen LogP contribution in [0.3, 0.4) is 0 Å². The number of aromatic hydroxyl groups is 1. The van der Waals surface area contributed by atoms with Gasteiger partial charge in [-0.25, -0.2) is 4.79 Å². The van der Waals surface area contributed by atoms with Crippen LogP contribution in [0.1, 0.15) is 22.6 Å². The van der Waals surface area contributed by atoms with Crippen LogP contribution < -0.4 is 16.1 Å². The Hall–Kier alpha value is -3.72. The molecule has 0 aliphatic carbocycles. The number of benzene rings is 2. The minimum atomic E-state index is -0.583. The maximum absolute atomic E-state index is 11.7. The summed E-state index contributed by atoms with van der Waals surface area (Å²) in [5.74, 6) is -0.450. The van der Waals surface area contributed by atoms with Crippen LogP contribution in [0.5, 0.6) is 11.5 Å². The normalized spacial score (nSPS) is 16.1. The fourth-order valence-electron chi connectivity index (χ4n) is 3.41. The quantitative estimate of drug-likeness (QED) is 0.656. The van der Waals surface area contributed by atoms with E-state index in [1.165, 1.54) is 12.1 Å². The molecule has 6 heteroatoms. The minimum Gasteiger partial charge on any atom is -0.507 e. The van der Waals surface area contributed by atoms with Gasteiger partial charge in [-0.2, -0.15) is 5.26 Å². The molecule has 6 nitrogen and oxygen atoms in total. The maximum Gasteiger partial charge on any atom is 0.336 e. The highest BCUT2D eigenvalue weighted by molar-refractivity contribution is 5.91. The van der Waals surface area contributed by atoms with Crippen LogP contribution in [0.2, 0.25) is 0 Å².